The van der Waals surface area contributed by atoms with E-state index >= 15 is 0 Å². The van der Waals surface area contributed by atoms with E-state index in [4.69, 9.17) is 28.4 Å². The Kier molecular flexibility index (Phi) is 7.11. The maximum absolute atomic E-state index is 13.3. The molecule has 33 heavy (non-hydrogen) atoms. The molecular weight excluding hydrogens is 428 g/mol. The van der Waals surface area contributed by atoms with Crippen LogP contribution in [0, 0.1) is 28.6 Å². The summed E-state index contributed by atoms with van der Waals surface area (Å²) in [6.45, 7) is 8.45. The molecule has 0 amide bonds. The highest BCUT2D eigenvalue weighted by molar-refractivity contribution is 5.89. The van der Waals surface area contributed by atoms with Gasteiger partial charge in [-0.3, -0.25) is 4.79 Å². The third kappa shape index (κ3) is 3.56. The summed E-state index contributed by atoms with van der Waals surface area (Å²) in [6.07, 6.45) is 1.92. The zero-order chi connectivity index (χ0) is 24.0. The van der Waals surface area contributed by atoms with E-state index in [0.717, 1.165) is 24.8 Å². The smallest absolute Gasteiger partial charge is 0.147 e. The number of hydrogen-bond acceptors (Lipinski definition) is 8. The summed E-state index contributed by atoms with van der Waals surface area (Å²) in [4.78, 5) is 13.3. The first-order valence-corrected chi connectivity index (χ1v) is 11.9. The molecule has 1 spiro atoms. The van der Waals surface area contributed by atoms with Crippen molar-refractivity contribution in [3.63, 3.8) is 0 Å². The summed E-state index contributed by atoms with van der Waals surface area (Å²) >= 11 is 0. The molecule has 0 aromatic heterocycles. The lowest BCUT2D eigenvalue weighted by Crippen LogP contribution is -2.60. The summed E-state index contributed by atoms with van der Waals surface area (Å²) in [6, 6.07) is 0. The second kappa shape index (κ2) is 9.30. The van der Waals surface area contributed by atoms with Crippen LogP contribution in [-0.2, 0) is 33.2 Å². The lowest BCUT2D eigenvalue weighted by molar-refractivity contribution is -0.261. The fraction of sp³-hybridized carbons (Fsp3) is 0.880. The van der Waals surface area contributed by atoms with Crippen LogP contribution in [0.1, 0.15) is 46.0 Å². The van der Waals surface area contributed by atoms with E-state index in [2.05, 4.69) is 6.58 Å². The molecule has 4 saturated carbocycles. The number of Topliss-reactive ketones (excluding diaryl/α,β-unsaturated/α-hetero) is 1. The molecule has 8 heteroatoms. The second-order valence-electron chi connectivity index (χ2n) is 10.8. The monoisotopic (exact) mass is 468 g/mol. The van der Waals surface area contributed by atoms with Gasteiger partial charge in [0, 0.05) is 45.0 Å². The normalized spacial score (nSPS) is 43.9. The van der Waals surface area contributed by atoms with E-state index in [0.29, 0.717) is 6.42 Å². The molecule has 8 nitrogen and oxygen atoms in total. The number of aliphatic hydroxyl groups excluding tert-OH is 1. The van der Waals surface area contributed by atoms with Gasteiger partial charge in [-0.1, -0.05) is 26.0 Å². The number of ether oxygens (including phenoxy) is 6. The first-order chi connectivity index (χ1) is 15.7. The molecule has 4 rings (SSSR count). The Bertz CT molecular complexity index is 753. The Hall–Kier alpha value is -0.870. The zero-order valence-corrected chi connectivity index (χ0v) is 20.6. The quantitative estimate of drug-likeness (QED) is 0.408. The number of carbonyl (C=O) groups excluding carboxylic acids is 1. The molecule has 2 bridgehead atoms. The largest absolute Gasteiger partial charge is 0.392 e. The van der Waals surface area contributed by atoms with Crippen molar-refractivity contribution < 1.29 is 38.3 Å². The van der Waals surface area contributed by atoms with Gasteiger partial charge in [0.25, 0.3) is 0 Å². The van der Waals surface area contributed by atoms with Crippen LogP contribution < -0.4 is 0 Å². The average molecular weight is 469 g/mol. The number of carbonyl (C=O) groups is 1. The highest BCUT2D eigenvalue weighted by Crippen LogP contribution is 2.67. The molecule has 0 aliphatic heterocycles. The first kappa shape index (κ1) is 25.2. The lowest BCUT2D eigenvalue weighted by Gasteiger charge is -2.49. The van der Waals surface area contributed by atoms with Crippen LogP contribution in [0.4, 0.5) is 0 Å². The predicted molar refractivity (Wildman–Crippen MR) is 119 cm³/mol. The van der Waals surface area contributed by atoms with Crippen molar-refractivity contribution in [2.75, 3.05) is 41.7 Å². The fourth-order valence-electron chi connectivity index (χ4n) is 7.84. The molecule has 4 aliphatic rings. The van der Waals surface area contributed by atoms with Gasteiger partial charge < -0.3 is 33.5 Å². The summed E-state index contributed by atoms with van der Waals surface area (Å²) in [5.74, 6) is -0.200. The maximum Gasteiger partial charge on any atom is 0.147 e. The van der Waals surface area contributed by atoms with Crippen molar-refractivity contribution >= 4 is 5.78 Å². The standard InChI is InChI=1S/C25H40O8/c1-15-10-24-11-20(31-12-28-4)25(33-14-30-6)18(9-19(26)23(25,2)3)21(27)17(24)8-7-16(15)22(24)32-13-29-5/h16-18,20-22,27H,1,7-14H2,2-6H3/t16-,17-,18+,20+,21+,22+,24+,25-/m0/s1. The molecule has 0 aromatic carbocycles. The van der Waals surface area contributed by atoms with E-state index in [1.165, 1.54) is 0 Å². The van der Waals surface area contributed by atoms with Gasteiger partial charge in [0.05, 0.1) is 23.7 Å². The Morgan fingerprint density at radius 2 is 1.67 bits per heavy atom. The summed E-state index contributed by atoms with van der Waals surface area (Å²) in [5, 5.41) is 12.0. The summed E-state index contributed by atoms with van der Waals surface area (Å²) in [5.41, 5.74) is -1.17. The van der Waals surface area contributed by atoms with Crippen LogP contribution in [0.3, 0.4) is 0 Å². The van der Waals surface area contributed by atoms with Gasteiger partial charge in [-0.25, -0.2) is 0 Å². The SMILES string of the molecule is C=C1C[C@@]23C[C@@H](OCOC)[C@@]4(OCOC)[C@H](CC(=O)C4(C)C)[C@H](O)[C@@H]2CC[C@@H]1[C@H]3OCOC. The van der Waals surface area contributed by atoms with Gasteiger partial charge in [0.1, 0.15) is 31.8 Å². The highest BCUT2D eigenvalue weighted by atomic mass is 16.7. The Morgan fingerprint density at radius 3 is 2.33 bits per heavy atom. The van der Waals surface area contributed by atoms with Crippen molar-refractivity contribution in [3.05, 3.63) is 12.2 Å². The number of aliphatic hydroxyl groups is 1. The molecule has 0 unspecified atom stereocenters. The van der Waals surface area contributed by atoms with Crippen molar-refractivity contribution in [1.82, 2.24) is 0 Å². The van der Waals surface area contributed by atoms with Gasteiger partial charge in [0.15, 0.2) is 0 Å². The molecule has 4 aliphatic carbocycles. The van der Waals surface area contributed by atoms with Crippen molar-refractivity contribution in [3.8, 4) is 0 Å². The van der Waals surface area contributed by atoms with Gasteiger partial charge in [0.2, 0.25) is 0 Å². The third-order valence-corrected chi connectivity index (χ3v) is 9.21. The number of fused-ring (bicyclic) bond motifs is 2. The van der Waals surface area contributed by atoms with E-state index in [-0.39, 0.29) is 55.9 Å². The predicted octanol–water partition coefficient (Wildman–Crippen LogP) is 2.68. The van der Waals surface area contributed by atoms with Crippen LogP contribution in [-0.4, -0.2) is 76.5 Å². The van der Waals surface area contributed by atoms with Crippen molar-refractivity contribution in [2.45, 2.75) is 69.9 Å². The van der Waals surface area contributed by atoms with E-state index in [9.17, 15) is 9.90 Å². The fourth-order valence-corrected chi connectivity index (χ4v) is 7.84. The van der Waals surface area contributed by atoms with Crippen LogP contribution in [0.5, 0.6) is 0 Å². The van der Waals surface area contributed by atoms with Crippen LogP contribution in [0.15, 0.2) is 12.2 Å². The summed E-state index contributed by atoms with van der Waals surface area (Å²) < 4.78 is 35.0. The molecule has 4 fully saturated rings. The zero-order valence-electron chi connectivity index (χ0n) is 20.6. The molecular formula is C25H40O8. The van der Waals surface area contributed by atoms with E-state index in [1.54, 1.807) is 21.3 Å². The highest BCUT2D eigenvalue weighted by Gasteiger charge is 2.73. The van der Waals surface area contributed by atoms with Crippen molar-refractivity contribution in [2.24, 2.45) is 28.6 Å². The molecule has 1 N–H and O–H groups in total. The molecule has 8 atom stereocenters. The minimum Gasteiger partial charge on any atom is -0.392 e. The van der Waals surface area contributed by atoms with E-state index in [1.807, 2.05) is 13.8 Å². The molecule has 188 valence electrons. The molecule has 0 radical (unpaired) electrons. The number of rotatable bonds is 9. The number of methoxy groups -OCH3 is 3. The molecule has 0 aromatic rings. The molecule has 0 heterocycles. The number of hydrogen-bond donors (Lipinski definition) is 1. The molecule has 0 saturated heterocycles. The van der Waals surface area contributed by atoms with Gasteiger partial charge >= 0.3 is 0 Å². The van der Waals surface area contributed by atoms with Gasteiger partial charge in [-0.05, 0) is 31.6 Å². The summed E-state index contributed by atoms with van der Waals surface area (Å²) in [7, 11) is 4.76. The van der Waals surface area contributed by atoms with Crippen LogP contribution in [0.2, 0.25) is 0 Å². The lowest BCUT2D eigenvalue weighted by atomic mass is 9.61. The third-order valence-electron chi connectivity index (χ3n) is 9.21. The minimum absolute atomic E-state index is 0.00335. The first-order valence-electron chi connectivity index (χ1n) is 11.9. The average Bonchev–Trinajstić information content (AvgIpc) is 3.04. The maximum atomic E-state index is 13.3. The van der Waals surface area contributed by atoms with Crippen LogP contribution in [0.25, 0.3) is 0 Å². The number of ketones is 1. The van der Waals surface area contributed by atoms with Crippen molar-refractivity contribution in [1.29, 1.82) is 0 Å². The Labute approximate surface area is 196 Å². The van der Waals surface area contributed by atoms with Gasteiger partial charge in [-0.15, -0.1) is 0 Å². The Morgan fingerprint density at radius 1 is 1.00 bits per heavy atom. The topological polar surface area (TPSA) is 92.7 Å². The van der Waals surface area contributed by atoms with Gasteiger partial charge in [-0.2, -0.15) is 0 Å². The van der Waals surface area contributed by atoms with E-state index < -0.39 is 29.1 Å². The van der Waals surface area contributed by atoms with Crippen LogP contribution >= 0.6 is 0 Å². The Balaban J connectivity index is 1.86. The second-order valence-corrected chi connectivity index (χ2v) is 10.8. The minimum atomic E-state index is -1.06.